The first-order valence-electron chi connectivity index (χ1n) is 10.4. The number of aryl methyl sites for hydroxylation is 1. The van der Waals surface area contributed by atoms with Crippen LogP contribution in [0.5, 0.6) is 5.75 Å². The van der Waals surface area contributed by atoms with E-state index in [1.54, 1.807) is 30.3 Å². The number of nitro benzene ring substituents is 1. The number of furan rings is 1. The van der Waals surface area contributed by atoms with E-state index >= 15 is 0 Å². The molecule has 1 aliphatic heterocycles. The summed E-state index contributed by atoms with van der Waals surface area (Å²) < 4.78 is 11.0. The molecule has 4 rings (SSSR count). The normalized spacial score (nSPS) is 14.2. The zero-order valence-electron chi connectivity index (χ0n) is 18.7. The van der Waals surface area contributed by atoms with E-state index in [1.165, 1.54) is 31.4 Å². The first-order valence-corrected chi connectivity index (χ1v) is 10.4. The van der Waals surface area contributed by atoms with Gasteiger partial charge in [0.1, 0.15) is 29.5 Å². The van der Waals surface area contributed by atoms with Crippen molar-refractivity contribution in [1.29, 1.82) is 0 Å². The van der Waals surface area contributed by atoms with Gasteiger partial charge in [-0.2, -0.15) is 0 Å². The second-order valence-corrected chi connectivity index (χ2v) is 7.64. The monoisotopic (exact) mass is 476 g/mol. The van der Waals surface area contributed by atoms with Crippen molar-refractivity contribution in [2.45, 2.75) is 6.92 Å². The van der Waals surface area contributed by atoms with Crippen LogP contribution in [-0.4, -0.2) is 41.3 Å². The van der Waals surface area contributed by atoms with E-state index in [1.807, 2.05) is 13.0 Å². The first-order chi connectivity index (χ1) is 16.7. The van der Waals surface area contributed by atoms with Gasteiger partial charge in [0.2, 0.25) is 5.91 Å². The molecule has 0 bridgehead atoms. The van der Waals surface area contributed by atoms with Crippen molar-refractivity contribution in [3.63, 3.8) is 0 Å². The van der Waals surface area contributed by atoms with Crippen LogP contribution in [0.2, 0.25) is 0 Å². The standard InChI is InChI=1S/C24H20N4O7/c1-14-4-3-5-15(10-14)25-22(29)13-27-23(30)19(26-24(27)31)12-17-7-9-20(35-17)18-8-6-16(28(32)33)11-21(18)34-2/h3-12H,13H2,1-2H3,(H,25,29)(H,26,31)/b19-12+. The fraction of sp³-hybridized carbons (Fsp3) is 0.125. The summed E-state index contributed by atoms with van der Waals surface area (Å²) >= 11 is 0. The van der Waals surface area contributed by atoms with E-state index < -0.39 is 29.3 Å². The topological polar surface area (TPSA) is 144 Å². The molecular formula is C24H20N4O7. The summed E-state index contributed by atoms with van der Waals surface area (Å²) in [6, 6.07) is 13.6. The zero-order chi connectivity index (χ0) is 25.1. The maximum Gasteiger partial charge on any atom is 0.329 e. The number of rotatable bonds is 7. The van der Waals surface area contributed by atoms with Gasteiger partial charge in [0.05, 0.1) is 23.7 Å². The summed E-state index contributed by atoms with van der Waals surface area (Å²) in [6.07, 6.45) is 1.33. The molecule has 2 N–H and O–H groups in total. The van der Waals surface area contributed by atoms with Crippen molar-refractivity contribution < 1.29 is 28.5 Å². The quantitative estimate of drug-likeness (QED) is 0.229. The molecule has 3 aromatic rings. The maximum absolute atomic E-state index is 12.7. The Hall–Kier alpha value is -4.93. The van der Waals surface area contributed by atoms with Gasteiger partial charge in [0.25, 0.3) is 11.6 Å². The number of nitro groups is 1. The van der Waals surface area contributed by atoms with E-state index in [-0.39, 0.29) is 22.9 Å². The average Bonchev–Trinajstić information content (AvgIpc) is 3.38. The lowest BCUT2D eigenvalue weighted by molar-refractivity contribution is -0.384. The van der Waals surface area contributed by atoms with Gasteiger partial charge in [0, 0.05) is 17.8 Å². The van der Waals surface area contributed by atoms with Crippen LogP contribution in [-0.2, 0) is 9.59 Å². The molecule has 178 valence electrons. The Morgan fingerprint density at radius 3 is 2.71 bits per heavy atom. The predicted octanol–water partition coefficient (Wildman–Crippen LogP) is 3.70. The third-order valence-electron chi connectivity index (χ3n) is 5.14. The molecule has 2 heterocycles. The average molecular weight is 476 g/mol. The number of hydrogen-bond acceptors (Lipinski definition) is 7. The molecule has 35 heavy (non-hydrogen) atoms. The second-order valence-electron chi connectivity index (χ2n) is 7.64. The van der Waals surface area contributed by atoms with Crippen molar-refractivity contribution in [1.82, 2.24) is 10.2 Å². The third kappa shape index (κ3) is 5.03. The van der Waals surface area contributed by atoms with E-state index in [9.17, 15) is 24.5 Å². The number of anilines is 1. The molecule has 1 aliphatic rings. The van der Waals surface area contributed by atoms with E-state index in [2.05, 4.69) is 10.6 Å². The highest BCUT2D eigenvalue weighted by molar-refractivity contribution is 6.15. The number of urea groups is 1. The Bertz CT molecular complexity index is 1380. The maximum atomic E-state index is 12.7. The van der Waals surface area contributed by atoms with E-state index in [4.69, 9.17) is 9.15 Å². The largest absolute Gasteiger partial charge is 0.496 e. The highest BCUT2D eigenvalue weighted by Crippen LogP contribution is 2.34. The molecule has 0 saturated carbocycles. The fourth-order valence-electron chi connectivity index (χ4n) is 3.50. The van der Waals surface area contributed by atoms with Crippen LogP contribution in [0.3, 0.4) is 0 Å². The highest BCUT2D eigenvalue weighted by Gasteiger charge is 2.35. The Kier molecular flexibility index (Phi) is 6.32. The molecule has 11 nitrogen and oxygen atoms in total. The van der Waals surface area contributed by atoms with Crippen LogP contribution in [0.25, 0.3) is 17.4 Å². The molecule has 0 atom stereocenters. The predicted molar refractivity (Wildman–Crippen MR) is 125 cm³/mol. The number of hydrogen-bond donors (Lipinski definition) is 2. The Balaban J connectivity index is 1.48. The molecule has 0 unspecified atom stereocenters. The van der Waals surface area contributed by atoms with E-state index in [0.29, 0.717) is 17.0 Å². The molecule has 0 spiro atoms. The van der Waals surface area contributed by atoms with Crippen LogP contribution in [0, 0.1) is 17.0 Å². The second kappa shape index (κ2) is 9.51. The molecule has 4 amide bonds. The number of ether oxygens (including phenoxy) is 1. The molecular weight excluding hydrogens is 456 g/mol. The van der Waals surface area contributed by atoms with Crippen molar-refractivity contribution >= 4 is 35.3 Å². The smallest absolute Gasteiger partial charge is 0.329 e. The highest BCUT2D eigenvalue weighted by atomic mass is 16.6. The number of nitrogens with zero attached hydrogens (tertiary/aromatic N) is 2. The number of benzene rings is 2. The van der Waals surface area contributed by atoms with Crippen LogP contribution in [0.4, 0.5) is 16.2 Å². The van der Waals surface area contributed by atoms with E-state index in [0.717, 1.165) is 10.5 Å². The van der Waals surface area contributed by atoms with Gasteiger partial charge in [-0.3, -0.25) is 19.7 Å². The SMILES string of the molecule is COc1cc([N+](=O)[O-])ccc1-c1ccc(/C=C2/NC(=O)N(CC(=O)Nc3cccc(C)c3)C2=O)o1. The molecule has 1 saturated heterocycles. The van der Waals surface area contributed by atoms with Crippen LogP contribution >= 0.6 is 0 Å². The molecule has 2 aromatic carbocycles. The molecule has 1 fully saturated rings. The Morgan fingerprint density at radius 2 is 2.00 bits per heavy atom. The minimum Gasteiger partial charge on any atom is -0.496 e. The van der Waals surface area contributed by atoms with Crippen LogP contribution in [0.1, 0.15) is 11.3 Å². The van der Waals surface area contributed by atoms with Gasteiger partial charge >= 0.3 is 6.03 Å². The number of amides is 4. The van der Waals surface area contributed by atoms with Gasteiger partial charge in [-0.05, 0) is 42.8 Å². The summed E-state index contributed by atoms with van der Waals surface area (Å²) in [6.45, 7) is 1.42. The van der Waals surface area contributed by atoms with Crippen molar-refractivity contribution in [3.05, 3.63) is 81.7 Å². The molecule has 0 aliphatic carbocycles. The van der Waals surface area contributed by atoms with Gasteiger partial charge in [0.15, 0.2) is 0 Å². The summed E-state index contributed by atoms with van der Waals surface area (Å²) in [7, 11) is 1.38. The number of carbonyl (C=O) groups is 3. The van der Waals surface area contributed by atoms with Gasteiger partial charge < -0.3 is 19.8 Å². The van der Waals surface area contributed by atoms with Crippen molar-refractivity contribution in [3.8, 4) is 17.1 Å². The summed E-state index contributed by atoms with van der Waals surface area (Å²) in [4.78, 5) is 48.6. The fourth-order valence-corrected chi connectivity index (χ4v) is 3.50. The molecule has 0 radical (unpaired) electrons. The third-order valence-corrected chi connectivity index (χ3v) is 5.14. The lowest BCUT2D eigenvalue weighted by Gasteiger charge is -2.12. The molecule has 1 aromatic heterocycles. The van der Waals surface area contributed by atoms with Gasteiger partial charge in [-0.1, -0.05) is 12.1 Å². The van der Waals surface area contributed by atoms with Gasteiger partial charge in [-0.25, -0.2) is 9.69 Å². The number of non-ortho nitro benzene ring substituents is 1. The van der Waals surface area contributed by atoms with Crippen LogP contribution in [0.15, 0.2) is 64.7 Å². The van der Waals surface area contributed by atoms with Crippen molar-refractivity contribution in [2.24, 2.45) is 0 Å². The number of nitrogens with one attached hydrogen (secondary N) is 2. The lowest BCUT2D eigenvalue weighted by atomic mass is 10.1. The Morgan fingerprint density at radius 1 is 1.20 bits per heavy atom. The molecule has 11 heteroatoms. The number of carbonyl (C=O) groups excluding carboxylic acids is 3. The Labute approximate surface area is 199 Å². The minimum absolute atomic E-state index is 0.0603. The summed E-state index contributed by atoms with van der Waals surface area (Å²) in [5.74, 6) is -0.375. The summed E-state index contributed by atoms with van der Waals surface area (Å²) in [5, 5.41) is 16.1. The van der Waals surface area contributed by atoms with Crippen molar-refractivity contribution in [2.75, 3.05) is 19.0 Å². The number of imide groups is 1. The minimum atomic E-state index is -0.732. The summed E-state index contributed by atoms with van der Waals surface area (Å²) in [5.41, 5.74) is 1.79. The lowest BCUT2D eigenvalue weighted by Crippen LogP contribution is -2.38. The van der Waals surface area contributed by atoms with Crippen LogP contribution < -0.4 is 15.4 Å². The zero-order valence-corrected chi connectivity index (χ0v) is 18.7. The number of methoxy groups -OCH3 is 1. The van der Waals surface area contributed by atoms with Gasteiger partial charge in [-0.15, -0.1) is 0 Å². The first kappa shape index (κ1) is 23.2.